The Morgan fingerprint density at radius 2 is 0.773 bits per heavy atom. The highest BCUT2D eigenvalue weighted by atomic mass is 15.1. The Hall–Kier alpha value is -8.72. The van der Waals surface area contributed by atoms with Gasteiger partial charge in [-0.25, -0.2) is 0 Å². The molecular weight excluding hydrogens is 797 g/mol. The monoisotopic (exact) mass is 845 g/mol. The molecule has 12 aromatic rings. The Labute approximate surface area is 392 Å². The SMILES string of the molecule is [2H]c1c([2H])c([2H])c(-c2ccc(N(c3ccc(-c4ccc5c6ccccc6n(-c6ccc(-c7ccc8ccccc8c7)cc6)c5c4)cc3)c3cc(-c4ccccc4)cc(-c4ccccc4)c3)cc2)c([2H])c1[2H]. The van der Waals surface area contributed by atoms with E-state index in [2.05, 4.69) is 210 Å². The van der Waals surface area contributed by atoms with Crippen LogP contribution in [-0.2, 0) is 0 Å². The highest BCUT2D eigenvalue weighted by Gasteiger charge is 2.18. The molecule has 0 fully saturated rings. The van der Waals surface area contributed by atoms with Gasteiger partial charge in [0.25, 0.3) is 0 Å². The quantitative estimate of drug-likeness (QED) is 0.141. The standard InChI is InChI=1S/C64H44N2/c1-4-14-45(15-5-1)49-26-33-57(34-27-49)65(60-42-55(46-16-6-2-7-17-46)41-56(43-60)47-18-8-3-9-19-47)58-35-28-51(29-36-58)54-32-39-62-61-22-12-13-23-63(61)66(64(62)44-54)59-37-30-50(31-38-59)53-25-24-48-20-10-11-21-52(48)40-53/h1-44H/i1D,4D,5D,14D,15D. The smallest absolute Gasteiger partial charge is 0.0629 e. The number of nitrogens with zero attached hydrogens (tertiary/aromatic N) is 2. The van der Waals surface area contributed by atoms with Crippen LogP contribution in [0.1, 0.15) is 6.85 Å². The third-order valence-corrected chi connectivity index (χ3v) is 12.6. The zero-order valence-corrected chi connectivity index (χ0v) is 35.9. The molecule has 1 aromatic heterocycles. The molecule has 0 aliphatic carbocycles. The zero-order chi connectivity index (χ0) is 48.2. The van der Waals surface area contributed by atoms with Crippen LogP contribution in [0.15, 0.2) is 267 Å². The second-order valence-corrected chi connectivity index (χ2v) is 16.6. The molecule has 2 heteroatoms. The maximum atomic E-state index is 8.68. The van der Waals surface area contributed by atoms with Crippen LogP contribution < -0.4 is 4.90 Å². The molecule has 0 atom stereocenters. The van der Waals surface area contributed by atoms with Gasteiger partial charge in [0.2, 0.25) is 0 Å². The van der Waals surface area contributed by atoms with E-state index in [4.69, 9.17) is 6.85 Å². The van der Waals surface area contributed by atoms with E-state index >= 15 is 0 Å². The molecule has 0 bridgehead atoms. The van der Waals surface area contributed by atoms with Crippen molar-refractivity contribution < 1.29 is 6.85 Å². The molecule has 66 heavy (non-hydrogen) atoms. The first-order valence-electron chi connectivity index (χ1n) is 24.7. The second-order valence-electron chi connectivity index (χ2n) is 16.6. The van der Waals surface area contributed by atoms with Gasteiger partial charge in [-0.3, -0.25) is 0 Å². The first-order chi connectivity index (χ1) is 34.8. The fourth-order valence-corrected chi connectivity index (χ4v) is 9.36. The van der Waals surface area contributed by atoms with E-state index in [0.717, 1.165) is 67.2 Å². The molecule has 0 aliphatic rings. The van der Waals surface area contributed by atoms with E-state index in [-0.39, 0.29) is 29.7 Å². The van der Waals surface area contributed by atoms with Gasteiger partial charge < -0.3 is 9.47 Å². The molecule has 0 radical (unpaired) electrons. The summed E-state index contributed by atoms with van der Waals surface area (Å²) < 4.78 is 44.6. The van der Waals surface area contributed by atoms with Crippen LogP contribution in [0.25, 0.3) is 93.9 Å². The van der Waals surface area contributed by atoms with Gasteiger partial charge in [0.15, 0.2) is 0 Å². The summed E-state index contributed by atoms with van der Waals surface area (Å²) in [5.41, 5.74) is 15.6. The Bertz CT molecular complexity index is 3870. The predicted octanol–water partition coefficient (Wildman–Crippen LogP) is 17.7. The highest BCUT2D eigenvalue weighted by molar-refractivity contribution is 6.10. The molecule has 0 spiro atoms. The molecule has 310 valence electrons. The van der Waals surface area contributed by atoms with Gasteiger partial charge in [-0.15, -0.1) is 0 Å². The van der Waals surface area contributed by atoms with Crippen LogP contribution >= 0.6 is 0 Å². The van der Waals surface area contributed by atoms with Crippen molar-refractivity contribution in [2.24, 2.45) is 0 Å². The molecule has 0 amide bonds. The Kier molecular flexibility index (Phi) is 8.58. The maximum Gasteiger partial charge on any atom is 0.0629 e. The van der Waals surface area contributed by atoms with E-state index in [1.165, 1.54) is 32.7 Å². The fraction of sp³-hybridized carbons (Fsp3) is 0. The summed E-state index contributed by atoms with van der Waals surface area (Å²) in [6, 6.07) is 81.5. The van der Waals surface area contributed by atoms with Crippen molar-refractivity contribution in [3.05, 3.63) is 267 Å². The number of aromatic nitrogens is 1. The van der Waals surface area contributed by atoms with E-state index in [9.17, 15) is 0 Å². The summed E-state index contributed by atoms with van der Waals surface area (Å²) in [6.07, 6.45) is 0. The zero-order valence-electron chi connectivity index (χ0n) is 40.9. The molecule has 0 aliphatic heterocycles. The summed E-state index contributed by atoms with van der Waals surface area (Å²) in [5.74, 6) is 0. The predicted molar refractivity (Wildman–Crippen MR) is 280 cm³/mol. The van der Waals surface area contributed by atoms with Crippen LogP contribution in [0.5, 0.6) is 0 Å². The number of benzene rings is 11. The largest absolute Gasteiger partial charge is 0.310 e. The third-order valence-electron chi connectivity index (χ3n) is 12.6. The van der Waals surface area contributed by atoms with Crippen molar-refractivity contribution >= 4 is 49.6 Å². The normalized spacial score (nSPS) is 12.4. The van der Waals surface area contributed by atoms with Crippen LogP contribution in [-0.4, -0.2) is 4.57 Å². The molecule has 11 aromatic carbocycles. The van der Waals surface area contributed by atoms with Crippen molar-refractivity contribution in [2.45, 2.75) is 0 Å². The van der Waals surface area contributed by atoms with Gasteiger partial charge in [-0.2, -0.15) is 0 Å². The molecule has 0 N–H and O–H groups in total. The van der Waals surface area contributed by atoms with Crippen molar-refractivity contribution in [2.75, 3.05) is 4.90 Å². The summed E-state index contributed by atoms with van der Waals surface area (Å²) >= 11 is 0. The molecule has 2 nitrogen and oxygen atoms in total. The lowest BCUT2D eigenvalue weighted by Crippen LogP contribution is -2.10. The molecule has 12 rings (SSSR count). The Morgan fingerprint density at radius 1 is 0.288 bits per heavy atom. The van der Waals surface area contributed by atoms with Crippen LogP contribution in [0.4, 0.5) is 17.1 Å². The number of para-hydroxylation sites is 1. The summed E-state index contributed by atoms with van der Waals surface area (Å²) in [5, 5.41) is 4.84. The average molecular weight is 846 g/mol. The van der Waals surface area contributed by atoms with Gasteiger partial charge in [0.05, 0.1) is 17.9 Å². The summed E-state index contributed by atoms with van der Waals surface area (Å²) in [7, 11) is 0. The summed E-state index contributed by atoms with van der Waals surface area (Å²) in [4.78, 5) is 2.22. The topological polar surface area (TPSA) is 8.17 Å². The summed E-state index contributed by atoms with van der Waals surface area (Å²) in [6.45, 7) is 0. The van der Waals surface area contributed by atoms with Crippen molar-refractivity contribution in [1.82, 2.24) is 4.57 Å². The van der Waals surface area contributed by atoms with Crippen molar-refractivity contribution in [1.29, 1.82) is 0 Å². The van der Waals surface area contributed by atoms with Crippen LogP contribution in [0.2, 0.25) is 0 Å². The number of anilines is 3. The molecule has 1 heterocycles. The average Bonchev–Trinajstić information content (AvgIpc) is 3.76. The minimum Gasteiger partial charge on any atom is -0.310 e. The lowest BCUT2D eigenvalue weighted by molar-refractivity contribution is 1.18. The fourth-order valence-electron chi connectivity index (χ4n) is 9.36. The van der Waals surface area contributed by atoms with Gasteiger partial charge in [0, 0.05) is 33.5 Å². The first kappa shape index (κ1) is 33.8. The van der Waals surface area contributed by atoms with E-state index in [1.54, 1.807) is 0 Å². The number of fused-ring (bicyclic) bond motifs is 4. The number of rotatable bonds is 9. The lowest BCUT2D eigenvalue weighted by atomic mass is 9.97. The Morgan fingerprint density at radius 3 is 1.42 bits per heavy atom. The number of hydrogen-bond acceptors (Lipinski definition) is 1. The van der Waals surface area contributed by atoms with E-state index < -0.39 is 6.04 Å². The van der Waals surface area contributed by atoms with Gasteiger partial charge >= 0.3 is 0 Å². The van der Waals surface area contributed by atoms with Crippen LogP contribution in [0.3, 0.4) is 0 Å². The van der Waals surface area contributed by atoms with Gasteiger partial charge in [0.1, 0.15) is 0 Å². The molecule has 0 saturated heterocycles. The molecule has 0 saturated carbocycles. The second kappa shape index (κ2) is 16.8. The Balaban J connectivity index is 0.961. The first-order valence-corrected chi connectivity index (χ1v) is 22.2. The maximum absolute atomic E-state index is 8.68. The minimum atomic E-state index is -0.410. The van der Waals surface area contributed by atoms with Crippen molar-refractivity contribution in [3.63, 3.8) is 0 Å². The van der Waals surface area contributed by atoms with Gasteiger partial charge in [-0.1, -0.05) is 194 Å². The van der Waals surface area contributed by atoms with E-state index in [1.807, 2.05) is 36.4 Å². The van der Waals surface area contributed by atoms with E-state index in [0.29, 0.717) is 5.56 Å². The minimum absolute atomic E-state index is 0.171. The third kappa shape index (κ3) is 7.31. The van der Waals surface area contributed by atoms with Crippen LogP contribution in [0, 0.1) is 0 Å². The molecular formula is C64H44N2. The van der Waals surface area contributed by atoms with Crippen molar-refractivity contribution in [3.8, 4) is 61.3 Å². The number of hydrogen-bond donors (Lipinski definition) is 0. The van der Waals surface area contributed by atoms with Gasteiger partial charge in [-0.05, 0) is 139 Å². The molecule has 0 unspecified atom stereocenters. The lowest BCUT2D eigenvalue weighted by Gasteiger charge is -2.27. The highest BCUT2D eigenvalue weighted by Crippen LogP contribution is 2.42.